The number of benzene rings is 1. The number of rotatable bonds is 3. The molecule has 0 amide bonds. The van der Waals surface area contributed by atoms with E-state index >= 15 is 0 Å². The van der Waals surface area contributed by atoms with Crippen molar-refractivity contribution in [2.45, 2.75) is 12.5 Å². The zero-order chi connectivity index (χ0) is 10.8. The van der Waals surface area contributed by atoms with Crippen molar-refractivity contribution in [3.8, 4) is 0 Å². The Kier molecular flexibility index (Phi) is 2.90. The average Bonchev–Trinajstić information content (AvgIpc) is 2.63. The molecule has 0 bridgehead atoms. The minimum absolute atomic E-state index is 0.0476. The summed E-state index contributed by atoms with van der Waals surface area (Å²) < 4.78 is 0. The first-order valence-electron chi connectivity index (χ1n) is 4.73. The van der Waals surface area contributed by atoms with E-state index in [2.05, 4.69) is 9.97 Å². The van der Waals surface area contributed by atoms with Gasteiger partial charge in [0.25, 0.3) is 0 Å². The van der Waals surface area contributed by atoms with Crippen molar-refractivity contribution < 1.29 is 5.11 Å². The van der Waals surface area contributed by atoms with Gasteiger partial charge in [-0.15, -0.1) is 0 Å². The lowest BCUT2D eigenvalue weighted by Gasteiger charge is -2.04. The van der Waals surface area contributed by atoms with Gasteiger partial charge in [-0.1, -0.05) is 17.7 Å². The van der Waals surface area contributed by atoms with E-state index in [1.807, 2.05) is 12.1 Å². The lowest BCUT2D eigenvalue weighted by molar-refractivity contribution is 0.275. The fraction of sp³-hybridized carbons (Fsp3) is 0.300. The number of halogens is 1. The van der Waals surface area contributed by atoms with E-state index in [0.29, 0.717) is 17.3 Å². The van der Waals surface area contributed by atoms with Crippen LogP contribution in [0.1, 0.15) is 18.3 Å². The maximum Gasteiger partial charge on any atom is 0.124 e. The number of para-hydroxylation sites is 1. The van der Waals surface area contributed by atoms with Gasteiger partial charge in [0.15, 0.2) is 0 Å². The van der Waals surface area contributed by atoms with E-state index in [4.69, 9.17) is 22.4 Å². The smallest absolute Gasteiger partial charge is 0.124 e. The third-order valence-electron chi connectivity index (χ3n) is 2.27. The van der Waals surface area contributed by atoms with Gasteiger partial charge in [0, 0.05) is 6.61 Å². The zero-order valence-electron chi connectivity index (χ0n) is 8.07. The highest BCUT2D eigenvalue weighted by Crippen LogP contribution is 2.23. The molecule has 1 atom stereocenters. The number of imidazole rings is 1. The molecule has 5 heteroatoms. The quantitative estimate of drug-likeness (QED) is 0.743. The van der Waals surface area contributed by atoms with E-state index in [1.54, 1.807) is 6.07 Å². The summed E-state index contributed by atoms with van der Waals surface area (Å²) >= 11 is 5.98. The first-order chi connectivity index (χ1) is 7.22. The molecule has 1 heterocycles. The molecule has 80 valence electrons. The molecule has 15 heavy (non-hydrogen) atoms. The summed E-state index contributed by atoms with van der Waals surface area (Å²) in [4.78, 5) is 7.40. The van der Waals surface area contributed by atoms with Gasteiger partial charge >= 0.3 is 0 Å². The Balaban J connectivity index is 2.43. The molecule has 2 aromatic rings. The van der Waals surface area contributed by atoms with Crippen molar-refractivity contribution in [3.63, 3.8) is 0 Å². The second-order valence-corrected chi connectivity index (χ2v) is 3.78. The van der Waals surface area contributed by atoms with Gasteiger partial charge in [0.05, 0.1) is 16.6 Å². The van der Waals surface area contributed by atoms with Gasteiger partial charge in [0.1, 0.15) is 11.3 Å². The van der Waals surface area contributed by atoms with Crippen LogP contribution >= 0.6 is 11.6 Å². The van der Waals surface area contributed by atoms with Crippen LogP contribution in [0.4, 0.5) is 0 Å². The minimum Gasteiger partial charge on any atom is -0.396 e. The molecule has 0 spiro atoms. The molecule has 0 saturated heterocycles. The molecule has 2 rings (SSSR count). The van der Waals surface area contributed by atoms with Crippen molar-refractivity contribution in [2.24, 2.45) is 5.73 Å². The second kappa shape index (κ2) is 4.18. The van der Waals surface area contributed by atoms with Crippen LogP contribution in [-0.2, 0) is 0 Å². The Morgan fingerprint density at radius 2 is 2.33 bits per heavy atom. The Hall–Kier alpha value is -1.10. The summed E-state index contributed by atoms with van der Waals surface area (Å²) in [5.41, 5.74) is 7.41. The largest absolute Gasteiger partial charge is 0.396 e. The molecule has 1 aromatic carbocycles. The fourth-order valence-corrected chi connectivity index (χ4v) is 1.68. The predicted molar refractivity (Wildman–Crippen MR) is 59.7 cm³/mol. The highest BCUT2D eigenvalue weighted by atomic mass is 35.5. The second-order valence-electron chi connectivity index (χ2n) is 3.38. The molecule has 0 aliphatic heterocycles. The van der Waals surface area contributed by atoms with Crippen molar-refractivity contribution in [2.75, 3.05) is 6.61 Å². The molecule has 0 fully saturated rings. The number of nitrogens with two attached hydrogens (primary N) is 1. The topological polar surface area (TPSA) is 74.9 Å². The Morgan fingerprint density at radius 3 is 3.00 bits per heavy atom. The monoisotopic (exact) mass is 225 g/mol. The van der Waals surface area contributed by atoms with Gasteiger partial charge in [-0.3, -0.25) is 0 Å². The van der Waals surface area contributed by atoms with Crippen molar-refractivity contribution >= 4 is 22.6 Å². The standard InChI is InChI=1S/C10H12ClN3O/c11-6-2-1-3-8-9(6)14-10(13-8)7(12)4-5-15/h1-3,7,15H,4-5,12H2,(H,13,14). The third kappa shape index (κ3) is 1.97. The van der Waals surface area contributed by atoms with E-state index in [9.17, 15) is 0 Å². The van der Waals surface area contributed by atoms with E-state index in [-0.39, 0.29) is 12.6 Å². The maximum atomic E-state index is 8.78. The van der Waals surface area contributed by atoms with Crippen LogP contribution in [-0.4, -0.2) is 21.7 Å². The van der Waals surface area contributed by atoms with Gasteiger partial charge in [-0.2, -0.15) is 0 Å². The van der Waals surface area contributed by atoms with Gasteiger partial charge < -0.3 is 15.8 Å². The molecule has 0 aliphatic carbocycles. The van der Waals surface area contributed by atoms with Crippen LogP contribution in [0.25, 0.3) is 11.0 Å². The summed E-state index contributed by atoms with van der Waals surface area (Å²) in [7, 11) is 0. The molecule has 1 unspecified atom stereocenters. The first-order valence-corrected chi connectivity index (χ1v) is 5.10. The normalized spacial score (nSPS) is 13.3. The lowest BCUT2D eigenvalue weighted by atomic mass is 10.2. The number of nitrogens with zero attached hydrogens (tertiary/aromatic N) is 1. The molecule has 4 N–H and O–H groups in total. The van der Waals surface area contributed by atoms with Gasteiger partial charge in [-0.05, 0) is 18.6 Å². The molecular formula is C10H12ClN3O. The average molecular weight is 226 g/mol. The van der Waals surface area contributed by atoms with Crippen LogP contribution in [0.3, 0.4) is 0 Å². The molecular weight excluding hydrogens is 214 g/mol. The number of fused-ring (bicyclic) bond motifs is 1. The molecule has 0 saturated carbocycles. The maximum absolute atomic E-state index is 8.78. The van der Waals surface area contributed by atoms with Crippen LogP contribution in [0, 0.1) is 0 Å². The highest BCUT2D eigenvalue weighted by Gasteiger charge is 2.11. The van der Waals surface area contributed by atoms with Crippen molar-refractivity contribution in [1.82, 2.24) is 9.97 Å². The number of aliphatic hydroxyl groups excluding tert-OH is 1. The number of aromatic nitrogens is 2. The SMILES string of the molecule is NC(CCO)c1nc2c(Cl)cccc2[nH]1. The summed E-state index contributed by atoms with van der Waals surface area (Å²) in [6, 6.07) is 5.25. The molecule has 0 radical (unpaired) electrons. The lowest BCUT2D eigenvalue weighted by Crippen LogP contribution is -2.13. The Morgan fingerprint density at radius 1 is 1.53 bits per heavy atom. The number of nitrogens with one attached hydrogen (secondary N) is 1. The molecule has 1 aromatic heterocycles. The number of aliphatic hydroxyl groups is 1. The van der Waals surface area contributed by atoms with Crippen molar-refractivity contribution in [1.29, 1.82) is 0 Å². The number of aromatic amines is 1. The van der Waals surface area contributed by atoms with Gasteiger partial charge in [0.2, 0.25) is 0 Å². The van der Waals surface area contributed by atoms with Crippen LogP contribution in [0.5, 0.6) is 0 Å². The summed E-state index contributed by atoms with van der Waals surface area (Å²) in [6.45, 7) is 0.0476. The van der Waals surface area contributed by atoms with Crippen molar-refractivity contribution in [3.05, 3.63) is 29.0 Å². The summed E-state index contributed by atoms with van der Waals surface area (Å²) in [5.74, 6) is 0.659. The zero-order valence-corrected chi connectivity index (χ0v) is 8.83. The fourth-order valence-electron chi connectivity index (χ4n) is 1.47. The summed E-state index contributed by atoms with van der Waals surface area (Å²) in [5, 5.41) is 9.38. The molecule has 4 nitrogen and oxygen atoms in total. The minimum atomic E-state index is -0.279. The number of hydrogen-bond donors (Lipinski definition) is 3. The number of hydrogen-bond acceptors (Lipinski definition) is 3. The van der Waals surface area contributed by atoms with E-state index in [1.165, 1.54) is 0 Å². The van der Waals surface area contributed by atoms with E-state index < -0.39 is 0 Å². The number of H-pyrrole nitrogens is 1. The van der Waals surface area contributed by atoms with Crippen LogP contribution in [0.15, 0.2) is 18.2 Å². The molecule has 0 aliphatic rings. The predicted octanol–water partition coefficient (Wildman–Crippen LogP) is 1.60. The highest BCUT2D eigenvalue weighted by molar-refractivity contribution is 6.34. The van der Waals surface area contributed by atoms with Crippen LogP contribution in [0.2, 0.25) is 5.02 Å². The Labute approximate surface area is 92.1 Å². The first kappa shape index (κ1) is 10.4. The van der Waals surface area contributed by atoms with Gasteiger partial charge in [-0.25, -0.2) is 4.98 Å². The summed E-state index contributed by atoms with van der Waals surface area (Å²) in [6.07, 6.45) is 0.484. The Bertz CT molecular complexity index is 469. The third-order valence-corrected chi connectivity index (χ3v) is 2.58. The van der Waals surface area contributed by atoms with E-state index in [0.717, 1.165) is 11.0 Å². The van der Waals surface area contributed by atoms with Crippen LogP contribution < -0.4 is 5.73 Å².